The Morgan fingerprint density at radius 1 is 1.47 bits per heavy atom. The van der Waals surface area contributed by atoms with Crippen LogP contribution >= 0.6 is 0 Å². The molecule has 0 bridgehead atoms. The topological polar surface area (TPSA) is 42.1 Å². The molecule has 3 nitrogen and oxygen atoms in total. The third-order valence-corrected chi connectivity index (χ3v) is 2.65. The van der Waals surface area contributed by atoms with E-state index in [2.05, 4.69) is 4.98 Å². The maximum absolute atomic E-state index is 13.4. The lowest BCUT2D eigenvalue weighted by Gasteiger charge is -2.01. The zero-order valence-electron chi connectivity index (χ0n) is 9.63. The fourth-order valence-electron chi connectivity index (χ4n) is 1.85. The molecule has 0 spiro atoms. The van der Waals surface area contributed by atoms with E-state index in [-0.39, 0.29) is 11.8 Å². The van der Waals surface area contributed by atoms with Crippen LogP contribution in [0.4, 0.5) is 4.39 Å². The Morgan fingerprint density at radius 2 is 2.29 bits per heavy atom. The minimum absolute atomic E-state index is 0.224. The van der Waals surface area contributed by atoms with Crippen molar-refractivity contribution in [1.82, 2.24) is 4.98 Å². The Hall–Kier alpha value is -1.84. The second-order valence-corrected chi connectivity index (χ2v) is 3.78. The molecule has 0 fully saturated rings. The lowest BCUT2D eigenvalue weighted by molar-refractivity contribution is -0.143. The number of esters is 1. The molecule has 0 aliphatic carbocycles. The van der Waals surface area contributed by atoms with Crippen LogP contribution in [0.15, 0.2) is 24.4 Å². The lowest BCUT2D eigenvalue weighted by Crippen LogP contribution is -2.04. The number of carbonyl (C=O) groups is 1. The predicted molar refractivity (Wildman–Crippen MR) is 63.2 cm³/mol. The minimum Gasteiger partial charge on any atom is -0.466 e. The first kappa shape index (κ1) is 11.6. The summed E-state index contributed by atoms with van der Waals surface area (Å²) in [6.07, 6.45) is 2.62. The van der Waals surface area contributed by atoms with Crippen LogP contribution in [0.3, 0.4) is 0 Å². The zero-order chi connectivity index (χ0) is 12.3. The maximum Gasteiger partial charge on any atom is 0.306 e. The van der Waals surface area contributed by atoms with Crippen molar-refractivity contribution in [3.8, 4) is 0 Å². The molecule has 0 unspecified atom stereocenters. The molecule has 1 N–H and O–H groups in total. The number of hydrogen-bond acceptors (Lipinski definition) is 2. The largest absolute Gasteiger partial charge is 0.466 e. The zero-order valence-corrected chi connectivity index (χ0v) is 9.63. The molecule has 0 atom stereocenters. The number of benzene rings is 1. The molecule has 1 heterocycles. The van der Waals surface area contributed by atoms with E-state index in [1.54, 1.807) is 19.2 Å². The molecule has 0 aliphatic heterocycles. The van der Waals surface area contributed by atoms with Crippen LogP contribution in [0.5, 0.6) is 0 Å². The number of rotatable bonds is 4. The van der Waals surface area contributed by atoms with Gasteiger partial charge in [0, 0.05) is 18.0 Å². The molecule has 0 saturated carbocycles. The van der Waals surface area contributed by atoms with Crippen molar-refractivity contribution in [3.63, 3.8) is 0 Å². The van der Waals surface area contributed by atoms with Crippen molar-refractivity contribution in [2.75, 3.05) is 6.61 Å². The number of halogens is 1. The van der Waals surface area contributed by atoms with E-state index in [1.807, 2.05) is 6.07 Å². The third kappa shape index (κ3) is 2.46. The summed E-state index contributed by atoms with van der Waals surface area (Å²) in [4.78, 5) is 14.1. The summed E-state index contributed by atoms with van der Waals surface area (Å²) in [6, 6.07) is 4.92. The summed E-state index contributed by atoms with van der Waals surface area (Å²) in [7, 11) is 0. The molecule has 2 rings (SSSR count). The molecule has 0 radical (unpaired) electrons. The number of nitrogens with one attached hydrogen (secondary N) is 1. The smallest absolute Gasteiger partial charge is 0.306 e. The highest BCUT2D eigenvalue weighted by Crippen LogP contribution is 2.21. The molecule has 1 aromatic carbocycles. The van der Waals surface area contributed by atoms with E-state index in [0.29, 0.717) is 25.0 Å². The number of hydrogen-bond donors (Lipinski definition) is 1. The van der Waals surface area contributed by atoms with Crippen molar-refractivity contribution in [1.29, 1.82) is 0 Å². The van der Waals surface area contributed by atoms with Gasteiger partial charge in [-0.25, -0.2) is 4.39 Å². The Bertz CT molecular complexity index is 533. The van der Waals surface area contributed by atoms with Gasteiger partial charge >= 0.3 is 5.97 Å². The molecule has 2 aromatic rings. The average molecular weight is 235 g/mol. The number of fused-ring (bicyclic) bond motifs is 1. The van der Waals surface area contributed by atoms with E-state index >= 15 is 0 Å². The van der Waals surface area contributed by atoms with Gasteiger partial charge in [-0.2, -0.15) is 0 Å². The van der Waals surface area contributed by atoms with Crippen LogP contribution in [0, 0.1) is 5.82 Å². The fourth-order valence-corrected chi connectivity index (χ4v) is 1.85. The number of aromatic amines is 1. The number of aryl methyl sites for hydroxylation is 1. The number of para-hydroxylation sites is 1. The summed E-state index contributed by atoms with van der Waals surface area (Å²) in [5.74, 6) is -0.497. The van der Waals surface area contributed by atoms with Gasteiger partial charge < -0.3 is 9.72 Å². The van der Waals surface area contributed by atoms with E-state index in [1.165, 1.54) is 6.07 Å². The SMILES string of the molecule is CCOC(=O)CCc1c[nH]c2c(F)cccc12. The lowest BCUT2D eigenvalue weighted by atomic mass is 10.1. The van der Waals surface area contributed by atoms with Gasteiger partial charge in [0.05, 0.1) is 12.1 Å². The molecule has 4 heteroatoms. The fraction of sp³-hybridized carbons (Fsp3) is 0.308. The molecule has 0 amide bonds. The minimum atomic E-state index is -0.273. The molecular weight excluding hydrogens is 221 g/mol. The van der Waals surface area contributed by atoms with E-state index in [0.717, 1.165) is 10.9 Å². The number of carbonyl (C=O) groups excluding carboxylic acids is 1. The van der Waals surface area contributed by atoms with E-state index in [9.17, 15) is 9.18 Å². The first-order valence-electron chi connectivity index (χ1n) is 5.62. The van der Waals surface area contributed by atoms with Crippen LogP contribution in [0.2, 0.25) is 0 Å². The standard InChI is InChI=1S/C13H14FNO2/c1-2-17-12(16)7-6-9-8-15-13-10(9)4-3-5-11(13)14/h3-5,8,15H,2,6-7H2,1H3. The molecule has 0 saturated heterocycles. The summed E-state index contributed by atoms with van der Waals surface area (Å²) in [6.45, 7) is 2.17. The van der Waals surface area contributed by atoms with Crippen molar-refractivity contribution >= 4 is 16.9 Å². The predicted octanol–water partition coefficient (Wildman–Crippen LogP) is 2.80. The normalized spacial score (nSPS) is 10.7. The Morgan fingerprint density at radius 3 is 3.06 bits per heavy atom. The number of aromatic nitrogens is 1. The number of ether oxygens (including phenoxy) is 1. The second kappa shape index (κ2) is 4.99. The van der Waals surface area contributed by atoms with Crippen molar-refractivity contribution in [2.45, 2.75) is 19.8 Å². The van der Waals surface area contributed by atoms with Crippen molar-refractivity contribution in [3.05, 3.63) is 35.8 Å². The first-order valence-corrected chi connectivity index (χ1v) is 5.62. The van der Waals surface area contributed by atoms with Crippen molar-refractivity contribution < 1.29 is 13.9 Å². The van der Waals surface area contributed by atoms with Gasteiger partial charge in [0.25, 0.3) is 0 Å². The number of H-pyrrole nitrogens is 1. The van der Waals surface area contributed by atoms with Gasteiger partial charge in [0.2, 0.25) is 0 Å². The highest BCUT2D eigenvalue weighted by molar-refractivity contribution is 5.84. The first-order chi connectivity index (χ1) is 8.22. The van der Waals surface area contributed by atoms with E-state index < -0.39 is 0 Å². The van der Waals surface area contributed by atoms with Crippen LogP contribution in [0.1, 0.15) is 18.9 Å². The monoisotopic (exact) mass is 235 g/mol. The van der Waals surface area contributed by atoms with Crippen LogP contribution in [-0.4, -0.2) is 17.6 Å². The molecule has 0 aliphatic rings. The van der Waals surface area contributed by atoms with Crippen LogP contribution < -0.4 is 0 Å². The van der Waals surface area contributed by atoms with Gasteiger partial charge in [0.15, 0.2) is 0 Å². The second-order valence-electron chi connectivity index (χ2n) is 3.78. The Labute approximate surface area is 98.6 Å². The van der Waals surface area contributed by atoms with Gasteiger partial charge in [-0.1, -0.05) is 12.1 Å². The Balaban J connectivity index is 2.14. The summed E-state index contributed by atoms with van der Waals surface area (Å²) >= 11 is 0. The summed E-state index contributed by atoms with van der Waals surface area (Å²) < 4.78 is 18.2. The quantitative estimate of drug-likeness (QED) is 0.828. The average Bonchev–Trinajstić information content (AvgIpc) is 2.72. The highest BCUT2D eigenvalue weighted by atomic mass is 19.1. The summed E-state index contributed by atoms with van der Waals surface area (Å²) in [5, 5.41) is 0.828. The molecular formula is C13H14FNO2. The van der Waals surface area contributed by atoms with Crippen LogP contribution in [-0.2, 0) is 16.0 Å². The van der Waals surface area contributed by atoms with Gasteiger partial charge in [-0.15, -0.1) is 0 Å². The van der Waals surface area contributed by atoms with Crippen LogP contribution in [0.25, 0.3) is 10.9 Å². The molecule has 17 heavy (non-hydrogen) atoms. The maximum atomic E-state index is 13.4. The third-order valence-electron chi connectivity index (χ3n) is 2.65. The van der Waals surface area contributed by atoms with Gasteiger partial charge in [0.1, 0.15) is 5.82 Å². The highest BCUT2D eigenvalue weighted by Gasteiger charge is 2.09. The molecule has 90 valence electrons. The van der Waals surface area contributed by atoms with E-state index in [4.69, 9.17) is 4.74 Å². The van der Waals surface area contributed by atoms with Gasteiger partial charge in [-0.3, -0.25) is 4.79 Å². The summed E-state index contributed by atoms with van der Waals surface area (Å²) in [5.41, 5.74) is 1.43. The molecule has 1 aromatic heterocycles. The van der Waals surface area contributed by atoms with Gasteiger partial charge in [-0.05, 0) is 25.0 Å². The Kier molecular flexibility index (Phi) is 3.42. The van der Waals surface area contributed by atoms with Crippen molar-refractivity contribution in [2.24, 2.45) is 0 Å².